The number of hydrogen-bond acceptors (Lipinski definition) is 4. The lowest BCUT2D eigenvalue weighted by Gasteiger charge is -2.07. The number of carbonyl (C=O) groups excluding carboxylic acids is 1. The maximum absolute atomic E-state index is 13.0. The summed E-state index contributed by atoms with van der Waals surface area (Å²) in [6.07, 6.45) is -4.80. The smallest absolute Gasteiger partial charge is 0.422 e. The monoisotopic (exact) mass is 285 g/mol. The molecule has 0 aliphatic heterocycles. The molecule has 0 saturated carbocycles. The number of anilines is 1. The first-order chi connectivity index (χ1) is 9.36. The van der Waals surface area contributed by atoms with Crippen molar-refractivity contribution in [3.8, 4) is 5.69 Å². The number of alkyl halides is 3. The van der Waals surface area contributed by atoms with Gasteiger partial charge in [0.05, 0.1) is 12.8 Å². The highest BCUT2D eigenvalue weighted by Gasteiger charge is 2.42. The topological polar surface area (TPSA) is 70.1 Å². The van der Waals surface area contributed by atoms with Crippen molar-refractivity contribution in [1.29, 1.82) is 0 Å². The SMILES string of the molecule is COC(=O)c1nn(-c2ccccc2)c(N)c1C(F)(F)F. The van der Waals surface area contributed by atoms with Crippen LogP contribution in [0, 0.1) is 0 Å². The van der Waals surface area contributed by atoms with Gasteiger partial charge >= 0.3 is 12.1 Å². The summed E-state index contributed by atoms with van der Waals surface area (Å²) in [5.74, 6) is -1.86. The lowest BCUT2D eigenvalue weighted by molar-refractivity contribution is -0.137. The summed E-state index contributed by atoms with van der Waals surface area (Å²) in [6.45, 7) is 0. The summed E-state index contributed by atoms with van der Waals surface area (Å²) in [5.41, 5.74) is 3.64. The average molecular weight is 285 g/mol. The first-order valence-electron chi connectivity index (χ1n) is 5.45. The number of methoxy groups -OCH3 is 1. The molecule has 0 aliphatic carbocycles. The standard InChI is InChI=1S/C12H10F3N3O2/c1-20-11(19)9-8(12(13,14)15)10(16)18(17-9)7-5-3-2-4-6-7/h2-6H,16H2,1H3. The molecule has 2 N–H and O–H groups in total. The van der Waals surface area contributed by atoms with Gasteiger partial charge in [-0.3, -0.25) is 0 Å². The number of carbonyl (C=O) groups is 1. The Labute approximate surface area is 111 Å². The molecule has 0 spiro atoms. The number of ether oxygens (including phenoxy) is 1. The number of aromatic nitrogens is 2. The Morgan fingerprint density at radius 3 is 2.40 bits per heavy atom. The van der Waals surface area contributed by atoms with E-state index in [1.807, 2.05) is 0 Å². The van der Waals surface area contributed by atoms with Crippen molar-refractivity contribution in [3.63, 3.8) is 0 Å². The molecule has 2 rings (SSSR count). The molecule has 0 amide bonds. The summed E-state index contributed by atoms with van der Waals surface area (Å²) in [5, 5.41) is 3.61. The molecule has 1 aromatic heterocycles. The highest BCUT2D eigenvalue weighted by molar-refractivity contribution is 5.90. The van der Waals surface area contributed by atoms with Crippen LogP contribution in [0.4, 0.5) is 19.0 Å². The number of nitrogen functional groups attached to an aromatic ring is 1. The third-order valence-electron chi connectivity index (χ3n) is 2.58. The van der Waals surface area contributed by atoms with Crippen molar-refractivity contribution >= 4 is 11.8 Å². The maximum Gasteiger partial charge on any atom is 0.422 e. The second-order valence-electron chi connectivity index (χ2n) is 3.85. The maximum atomic E-state index is 13.0. The van der Waals surface area contributed by atoms with Crippen LogP contribution in [-0.4, -0.2) is 22.9 Å². The summed E-state index contributed by atoms with van der Waals surface area (Å²) < 4.78 is 44.1. The molecular weight excluding hydrogens is 275 g/mol. The summed E-state index contributed by atoms with van der Waals surface area (Å²) in [4.78, 5) is 11.4. The molecule has 0 unspecified atom stereocenters. The van der Waals surface area contributed by atoms with Gasteiger partial charge in [0, 0.05) is 0 Å². The minimum absolute atomic E-state index is 0.311. The largest absolute Gasteiger partial charge is 0.464 e. The quantitative estimate of drug-likeness (QED) is 0.859. The second-order valence-corrected chi connectivity index (χ2v) is 3.85. The van der Waals surface area contributed by atoms with E-state index in [1.165, 1.54) is 12.1 Å². The number of rotatable bonds is 2. The van der Waals surface area contributed by atoms with Gasteiger partial charge < -0.3 is 10.5 Å². The van der Waals surface area contributed by atoms with Gasteiger partial charge in [-0.1, -0.05) is 18.2 Å². The Bertz CT molecular complexity index is 635. The second kappa shape index (κ2) is 4.87. The van der Waals surface area contributed by atoms with Crippen molar-refractivity contribution in [1.82, 2.24) is 9.78 Å². The van der Waals surface area contributed by atoms with E-state index < -0.39 is 29.2 Å². The number of benzene rings is 1. The number of halogens is 3. The minimum atomic E-state index is -4.80. The van der Waals surface area contributed by atoms with Gasteiger partial charge in [0.2, 0.25) is 0 Å². The Balaban J connectivity index is 2.68. The molecule has 106 valence electrons. The molecule has 1 aromatic carbocycles. The van der Waals surface area contributed by atoms with Crippen LogP contribution in [0.15, 0.2) is 30.3 Å². The van der Waals surface area contributed by atoms with Crippen LogP contribution < -0.4 is 5.73 Å². The minimum Gasteiger partial charge on any atom is -0.464 e. The van der Waals surface area contributed by atoms with E-state index in [2.05, 4.69) is 9.84 Å². The zero-order valence-electron chi connectivity index (χ0n) is 10.3. The average Bonchev–Trinajstić information content (AvgIpc) is 2.76. The van der Waals surface area contributed by atoms with Gasteiger partial charge in [-0.25, -0.2) is 9.48 Å². The van der Waals surface area contributed by atoms with E-state index in [0.29, 0.717) is 5.69 Å². The van der Waals surface area contributed by atoms with Crippen LogP contribution in [0.2, 0.25) is 0 Å². The zero-order valence-corrected chi connectivity index (χ0v) is 10.3. The molecule has 0 fully saturated rings. The predicted octanol–water partition coefficient (Wildman–Crippen LogP) is 2.26. The van der Waals surface area contributed by atoms with Crippen molar-refractivity contribution in [2.75, 3.05) is 12.8 Å². The van der Waals surface area contributed by atoms with Gasteiger partial charge in [-0.15, -0.1) is 0 Å². The van der Waals surface area contributed by atoms with Gasteiger partial charge in [-0.05, 0) is 12.1 Å². The van der Waals surface area contributed by atoms with Gasteiger partial charge in [0.1, 0.15) is 11.4 Å². The molecule has 0 radical (unpaired) electrons. The first-order valence-corrected chi connectivity index (χ1v) is 5.45. The molecule has 8 heteroatoms. The van der Waals surface area contributed by atoms with Crippen molar-refractivity contribution in [3.05, 3.63) is 41.6 Å². The first kappa shape index (κ1) is 13.9. The van der Waals surface area contributed by atoms with Gasteiger partial charge in [-0.2, -0.15) is 18.3 Å². The fourth-order valence-electron chi connectivity index (χ4n) is 1.72. The van der Waals surface area contributed by atoms with E-state index in [0.717, 1.165) is 11.8 Å². The van der Waals surface area contributed by atoms with E-state index >= 15 is 0 Å². The van der Waals surface area contributed by atoms with Crippen molar-refractivity contribution in [2.24, 2.45) is 0 Å². The normalized spacial score (nSPS) is 11.4. The molecule has 0 bridgehead atoms. The van der Waals surface area contributed by atoms with Crippen LogP contribution in [0.1, 0.15) is 16.1 Å². The summed E-state index contributed by atoms with van der Waals surface area (Å²) >= 11 is 0. The van der Waals surface area contributed by atoms with Crippen molar-refractivity contribution < 1.29 is 22.7 Å². The fourth-order valence-corrected chi connectivity index (χ4v) is 1.72. The summed E-state index contributed by atoms with van der Waals surface area (Å²) in [7, 11) is 0.972. The molecule has 0 saturated heterocycles. The van der Waals surface area contributed by atoms with E-state index in [-0.39, 0.29) is 0 Å². The number of nitrogens with two attached hydrogens (primary N) is 1. The number of para-hydroxylation sites is 1. The zero-order chi connectivity index (χ0) is 14.9. The Morgan fingerprint density at radius 1 is 1.30 bits per heavy atom. The highest BCUT2D eigenvalue weighted by Crippen LogP contribution is 2.37. The molecule has 0 aliphatic rings. The Hall–Kier alpha value is -2.51. The van der Waals surface area contributed by atoms with Crippen molar-refractivity contribution in [2.45, 2.75) is 6.18 Å². The number of nitrogens with zero attached hydrogens (tertiary/aromatic N) is 2. The molecule has 1 heterocycles. The Morgan fingerprint density at radius 2 is 1.90 bits per heavy atom. The van der Waals surface area contributed by atoms with Crippen LogP contribution in [0.3, 0.4) is 0 Å². The summed E-state index contributed by atoms with van der Waals surface area (Å²) in [6, 6.07) is 7.95. The van der Waals surface area contributed by atoms with Crippen LogP contribution >= 0.6 is 0 Å². The van der Waals surface area contributed by atoms with Gasteiger partial charge in [0.15, 0.2) is 5.69 Å². The lowest BCUT2D eigenvalue weighted by Crippen LogP contribution is -2.14. The lowest BCUT2D eigenvalue weighted by atomic mass is 10.2. The predicted molar refractivity (Wildman–Crippen MR) is 64.3 cm³/mol. The molecule has 0 atom stereocenters. The fraction of sp³-hybridized carbons (Fsp3) is 0.167. The van der Waals surface area contributed by atoms with E-state index in [1.54, 1.807) is 18.2 Å². The molecule has 2 aromatic rings. The number of hydrogen-bond donors (Lipinski definition) is 1. The third kappa shape index (κ3) is 2.31. The Kier molecular flexibility index (Phi) is 3.39. The highest BCUT2D eigenvalue weighted by atomic mass is 19.4. The van der Waals surface area contributed by atoms with Crippen LogP contribution in [0.25, 0.3) is 5.69 Å². The molecule has 20 heavy (non-hydrogen) atoms. The van der Waals surface area contributed by atoms with Crippen LogP contribution in [-0.2, 0) is 10.9 Å². The van der Waals surface area contributed by atoms with E-state index in [9.17, 15) is 18.0 Å². The van der Waals surface area contributed by atoms with Gasteiger partial charge in [0.25, 0.3) is 0 Å². The van der Waals surface area contributed by atoms with E-state index in [4.69, 9.17) is 5.73 Å². The molecular formula is C12H10F3N3O2. The van der Waals surface area contributed by atoms with Crippen LogP contribution in [0.5, 0.6) is 0 Å². The molecule has 5 nitrogen and oxygen atoms in total. The number of esters is 1. The third-order valence-corrected chi connectivity index (χ3v) is 2.58.